The normalized spacial score (nSPS) is 14.2. The fourth-order valence-corrected chi connectivity index (χ4v) is 2.51. The SMILES string of the molecule is C[C@H](CN)NS(=O)(=O)c1cccc(OC(F)(F)F)c1. The van der Waals surface area contributed by atoms with Crippen LogP contribution in [0.3, 0.4) is 0 Å². The highest BCUT2D eigenvalue weighted by molar-refractivity contribution is 7.89. The van der Waals surface area contributed by atoms with Gasteiger partial charge in [-0.05, 0) is 19.1 Å². The summed E-state index contributed by atoms with van der Waals surface area (Å²) < 4.78 is 65.6. The second kappa shape index (κ2) is 5.76. The minimum Gasteiger partial charge on any atom is -0.406 e. The maximum absolute atomic E-state index is 12.0. The van der Waals surface area contributed by atoms with Gasteiger partial charge in [0.2, 0.25) is 10.0 Å². The van der Waals surface area contributed by atoms with Crippen molar-refractivity contribution >= 4 is 10.0 Å². The number of nitrogens with one attached hydrogen (secondary N) is 1. The van der Waals surface area contributed by atoms with Gasteiger partial charge < -0.3 is 10.5 Å². The zero-order chi connectivity index (χ0) is 14.7. The van der Waals surface area contributed by atoms with Crippen LogP contribution in [0.25, 0.3) is 0 Å². The van der Waals surface area contributed by atoms with Gasteiger partial charge in [0.05, 0.1) is 4.90 Å². The van der Waals surface area contributed by atoms with Gasteiger partial charge in [-0.25, -0.2) is 13.1 Å². The molecule has 0 aromatic heterocycles. The molecule has 1 atom stereocenters. The lowest BCUT2D eigenvalue weighted by Gasteiger charge is -2.13. The topological polar surface area (TPSA) is 81.4 Å². The second-order valence-electron chi connectivity index (χ2n) is 3.78. The first-order valence-electron chi connectivity index (χ1n) is 5.22. The number of ether oxygens (including phenoxy) is 1. The van der Waals surface area contributed by atoms with E-state index in [1.807, 2.05) is 0 Å². The molecule has 9 heteroatoms. The zero-order valence-corrected chi connectivity index (χ0v) is 10.8. The van der Waals surface area contributed by atoms with Gasteiger partial charge in [0.15, 0.2) is 0 Å². The van der Waals surface area contributed by atoms with Crippen LogP contribution >= 0.6 is 0 Å². The monoisotopic (exact) mass is 298 g/mol. The lowest BCUT2D eigenvalue weighted by Crippen LogP contribution is -2.37. The average molecular weight is 298 g/mol. The number of rotatable bonds is 5. The predicted molar refractivity (Wildman–Crippen MR) is 62.0 cm³/mol. The molecule has 0 fully saturated rings. The number of hydrogen-bond donors (Lipinski definition) is 2. The molecule has 0 saturated heterocycles. The van der Waals surface area contributed by atoms with Gasteiger partial charge in [-0.1, -0.05) is 6.07 Å². The van der Waals surface area contributed by atoms with Crippen molar-refractivity contribution in [3.05, 3.63) is 24.3 Å². The van der Waals surface area contributed by atoms with Crippen LogP contribution in [0.2, 0.25) is 0 Å². The fourth-order valence-electron chi connectivity index (χ4n) is 1.22. The van der Waals surface area contributed by atoms with Crippen LogP contribution in [0.15, 0.2) is 29.2 Å². The first-order chi connectivity index (χ1) is 8.64. The molecule has 0 aliphatic heterocycles. The third kappa shape index (κ3) is 5.05. The fraction of sp³-hybridized carbons (Fsp3) is 0.400. The van der Waals surface area contributed by atoms with Gasteiger partial charge in [0.1, 0.15) is 5.75 Å². The number of alkyl halides is 3. The van der Waals surface area contributed by atoms with Gasteiger partial charge in [0.25, 0.3) is 0 Å². The number of nitrogens with two attached hydrogens (primary N) is 1. The van der Waals surface area contributed by atoms with E-state index in [1.165, 1.54) is 6.92 Å². The van der Waals surface area contributed by atoms with E-state index in [9.17, 15) is 21.6 Å². The summed E-state index contributed by atoms with van der Waals surface area (Å²) in [4.78, 5) is -0.324. The van der Waals surface area contributed by atoms with Crippen LogP contribution in [-0.2, 0) is 10.0 Å². The summed E-state index contributed by atoms with van der Waals surface area (Å²) in [6.07, 6.45) is -4.87. The number of hydrogen-bond acceptors (Lipinski definition) is 4. The molecular weight excluding hydrogens is 285 g/mol. The molecule has 0 bridgehead atoms. The summed E-state index contributed by atoms with van der Waals surface area (Å²) >= 11 is 0. The van der Waals surface area contributed by atoms with Crippen molar-refractivity contribution < 1.29 is 26.3 Å². The molecule has 0 amide bonds. The van der Waals surface area contributed by atoms with Crippen LogP contribution in [-0.4, -0.2) is 27.4 Å². The summed E-state index contributed by atoms with van der Waals surface area (Å²) in [6.45, 7) is 1.60. The van der Waals surface area contributed by atoms with Crippen LogP contribution in [0, 0.1) is 0 Å². The van der Waals surface area contributed by atoms with Crippen LogP contribution < -0.4 is 15.2 Å². The predicted octanol–water partition coefficient (Wildman–Crippen LogP) is 1.21. The molecule has 1 aromatic carbocycles. The van der Waals surface area contributed by atoms with Crippen LogP contribution in [0.1, 0.15) is 6.92 Å². The van der Waals surface area contributed by atoms with E-state index in [1.54, 1.807) is 0 Å². The summed E-state index contributed by atoms with van der Waals surface area (Å²) in [7, 11) is -3.93. The minimum atomic E-state index is -4.87. The van der Waals surface area contributed by atoms with Gasteiger partial charge in [0, 0.05) is 18.7 Å². The number of benzene rings is 1. The molecule has 5 nitrogen and oxygen atoms in total. The Hall–Kier alpha value is -1.32. The van der Waals surface area contributed by atoms with Crippen molar-refractivity contribution in [1.29, 1.82) is 0 Å². The highest BCUT2D eigenvalue weighted by Gasteiger charge is 2.31. The molecule has 19 heavy (non-hydrogen) atoms. The van der Waals surface area contributed by atoms with E-state index in [2.05, 4.69) is 9.46 Å². The Bertz CT molecular complexity index is 531. The molecule has 0 saturated carbocycles. The van der Waals surface area contributed by atoms with E-state index in [4.69, 9.17) is 5.73 Å². The minimum absolute atomic E-state index is 0.0674. The zero-order valence-electron chi connectivity index (χ0n) is 9.94. The molecule has 0 radical (unpaired) electrons. The summed E-state index contributed by atoms with van der Waals surface area (Å²) in [6, 6.07) is 3.59. The van der Waals surface area contributed by atoms with Crippen molar-refractivity contribution in [3.8, 4) is 5.75 Å². The van der Waals surface area contributed by atoms with E-state index in [0.717, 1.165) is 24.3 Å². The molecule has 0 aliphatic rings. The van der Waals surface area contributed by atoms with E-state index >= 15 is 0 Å². The molecule has 0 heterocycles. The average Bonchev–Trinajstić information content (AvgIpc) is 2.26. The maximum atomic E-state index is 12.0. The first-order valence-corrected chi connectivity index (χ1v) is 6.70. The Morgan fingerprint density at radius 1 is 1.42 bits per heavy atom. The summed E-state index contributed by atoms with van der Waals surface area (Å²) in [5.74, 6) is -0.601. The van der Waals surface area contributed by atoms with Crippen molar-refractivity contribution in [1.82, 2.24) is 4.72 Å². The lowest BCUT2D eigenvalue weighted by molar-refractivity contribution is -0.274. The highest BCUT2D eigenvalue weighted by Crippen LogP contribution is 2.24. The Morgan fingerprint density at radius 2 is 2.05 bits per heavy atom. The van der Waals surface area contributed by atoms with Gasteiger partial charge >= 0.3 is 6.36 Å². The molecule has 1 aromatic rings. The third-order valence-electron chi connectivity index (χ3n) is 2.06. The lowest BCUT2D eigenvalue weighted by atomic mass is 10.3. The maximum Gasteiger partial charge on any atom is 0.573 e. The highest BCUT2D eigenvalue weighted by atomic mass is 32.2. The van der Waals surface area contributed by atoms with Crippen LogP contribution in [0.4, 0.5) is 13.2 Å². The van der Waals surface area contributed by atoms with Gasteiger partial charge in [-0.3, -0.25) is 0 Å². The summed E-state index contributed by atoms with van der Waals surface area (Å²) in [5, 5.41) is 0. The standard InChI is InChI=1S/C10H13F3N2O3S/c1-7(6-14)15-19(16,17)9-4-2-3-8(5-9)18-10(11,12)13/h2-5,7,15H,6,14H2,1H3/t7-/m1/s1. The molecular formula is C10H13F3N2O3S. The molecule has 0 spiro atoms. The van der Waals surface area contributed by atoms with Gasteiger partial charge in [-0.15, -0.1) is 13.2 Å². The first kappa shape index (κ1) is 15.7. The quantitative estimate of drug-likeness (QED) is 0.856. The molecule has 1 rings (SSSR count). The smallest absolute Gasteiger partial charge is 0.406 e. The Morgan fingerprint density at radius 3 is 2.58 bits per heavy atom. The van der Waals surface area contributed by atoms with Crippen molar-refractivity contribution in [2.75, 3.05) is 6.54 Å². The molecule has 3 N–H and O–H groups in total. The van der Waals surface area contributed by atoms with E-state index < -0.39 is 28.2 Å². The molecule has 108 valence electrons. The summed E-state index contributed by atoms with van der Waals surface area (Å²) in [5.41, 5.74) is 5.27. The van der Waals surface area contributed by atoms with Crippen molar-refractivity contribution in [2.24, 2.45) is 5.73 Å². The van der Waals surface area contributed by atoms with E-state index in [-0.39, 0.29) is 11.4 Å². The molecule has 0 aliphatic carbocycles. The Balaban J connectivity index is 2.99. The van der Waals surface area contributed by atoms with Crippen molar-refractivity contribution in [3.63, 3.8) is 0 Å². The third-order valence-corrected chi connectivity index (χ3v) is 3.65. The second-order valence-corrected chi connectivity index (χ2v) is 5.49. The Kier molecular flexibility index (Phi) is 4.77. The van der Waals surface area contributed by atoms with E-state index in [0.29, 0.717) is 0 Å². The largest absolute Gasteiger partial charge is 0.573 e. The van der Waals surface area contributed by atoms with Crippen LogP contribution in [0.5, 0.6) is 5.75 Å². The Labute approximate surface area is 108 Å². The van der Waals surface area contributed by atoms with Crippen molar-refractivity contribution in [2.45, 2.75) is 24.2 Å². The number of halogens is 3. The van der Waals surface area contributed by atoms with Gasteiger partial charge in [-0.2, -0.15) is 0 Å². The number of sulfonamides is 1. The molecule has 0 unspecified atom stereocenters.